The van der Waals surface area contributed by atoms with Crippen molar-refractivity contribution in [1.82, 2.24) is 14.7 Å². The van der Waals surface area contributed by atoms with Crippen LogP contribution in [-0.4, -0.2) is 45.0 Å². The lowest BCUT2D eigenvalue weighted by molar-refractivity contribution is -0.178. The maximum absolute atomic E-state index is 13.8. The molecule has 2 amide bonds. The standard InChI is InChI=1S/C19H19ClF4N4O3/c1-18(2,3)31-17(30)27-7-12-14(16(25)29)15(9-4-5-11(21)10(20)6-9)26-28(12)13(8-27)19(22,23)24/h4-6,13H,7-8H2,1-3H3,(H2,25,29). The van der Waals surface area contributed by atoms with E-state index < -0.39 is 42.2 Å². The summed E-state index contributed by atoms with van der Waals surface area (Å²) >= 11 is 5.77. The van der Waals surface area contributed by atoms with Crippen molar-refractivity contribution >= 4 is 23.6 Å². The van der Waals surface area contributed by atoms with Crippen molar-refractivity contribution in [3.63, 3.8) is 0 Å². The van der Waals surface area contributed by atoms with Crippen molar-refractivity contribution in [2.45, 2.75) is 45.1 Å². The maximum Gasteiger partial charge on any atom is 0.412 e. The van der Waals surface area contributed by atoms with Crippen molar-refractivity contribution < 1.29 is 31.9 Å². The van der Waals surface area contributed by atoms with E-state index in [4.69, 9.17) is 22.1 Å². The van der Waals surface area contributed by atoms with Gasteiger partial charge in [-0.1, -0.05) is 11.6 Å². The number of primary amides is 1. The van der Waals surface area contributed by atoms with E-state index >= 15 is 0 Å². The molecule has 0 radical (unpaired) electrons. The van der Waals surface area contributed by atoms with E-state index in [9.17, 15) is 27.2 Å². The average Bonchev–Trinajstić information content (AvgIpc) is 3.00. The predicted octanol–water partition coefficient (Wildman–Crippen LogP) is 4.30. The van der Waals surface area contributed by atoms with Gasteiger partial charge in [-0.05, 0) is 39.0 Å². The minimum Gasteiger partial charge on any atom is -0.444 e. The van der Waals surface area contributed by atoms with Crippen LogP contribution >= 0.6 is 11.6 Å². The maximum atomic E-state index is 13.8. The first-order chi connectivity index (χ1) is 14.2. The van der Waals surface area contributed by atoms with E-state index in [0.29, 0.717) is 4.68 Å². The summed E-state index contributed by atoms with van der Waals surface area (Å²) in [5.41, 5.74) is 3.90. The second-order valence-corrected chi connectivity index (χ2v) is 8.43. The van der Waals surface area contributed by atoms with Crippen LogP contribution in [-0.2, 0) is 11.3 Å². The molecule has 1 atom stereocenters. The number of aromatic nitrogens is 2. The number of hydrogen-bond donors (Lipinski definition) is 1. The number of alkyl halides is 3. The summed E-state index contributed by atoms with van der Waals surface area (Å²) in [6.07, 6.45) is -5.77. The molecule has 1 aliphatic heterocycles. The van der Waals surface area contributed by atoms with Gasteiger partial charge < -0.3 is 10.5 Å². The van der Waals surface area contributed by atoms with Gasteiger partial charge in [0.1, 0.15) is 17.1 Å². The second-order valence-electron chi connectivity index (χ2n) is 8.03. The largest absolute Gasteiger partial charge is 0.444 e. The fourth-order valence-corrected chi connectivity index (χ4v) is 3.40. The Balaban J connectivity index is 2.17. The predicted molar refractivity (Wildman–Crippen MR) is 103 cm³/mol. The Hall–Kier alpha value is -2.82. The molecular weight excluding hydrogens is 444 g/mol. The molecule has 0 spiro atoms. The zero-order valence-electron chi connectivity index (χ0n) is 16.8. The molecule has 7 nitrogen and oxygen atoms in total. The number of nitrogens with zero attached hydrogens (tertiary/aromatic N) is 3. The molecule has 2 N–H and O–H groups in total. The molecule has 1 aromatic carbocycles. The first kappa shape index (κ1) is 22.9. The Morgan fingerprint density at radius 3 is 2.42 bits per heavy atom. The zero-order chi connectivity index (χ0) is 23.3. The van der Waals surface area contributed by atoms with Crippen LogP contribution in [0.3, 0.4) is 0 Å². The minimum absolute atomic E-state index is 0.104. The van der Waals surface area contributed by atoms with E-state index in [0.717, 1.165) is 17.0 Å². The lowest BCUT2D eigenvalue weighted by Crippen LogP contribution is -2.48. The number of amides is 2. The van der Waals surface area contributed by atoms with Gasteiger partial charge >= 0.3 is 12.3 Å². The molecule has 0 saturated heterocycles. The van der Waals surface area contributed by atoms with Crippen molar-refractivity contribution in [3.05, 3.63) is 40.3 Å². The Bertz CT molecular complexity index is 1050. The Morgan fingerprint density at radius 2 is 1.90 bits per heavy atom. The van der Waals surface area contributed by atoms with Gasteiger partial charge in [-0.25, -0.2) is 9.18 Å². The second kappa shape index (κ2) is 7.70. The van der Waals surface area contributed by atoms with Gasteiger partial charge in [-0.3, -0.25) is 14.4 Å². The highest BCUT2D eigenvalue weighted by Gasteiger charge is 2.48. The number of halogens is 5. The number of fused-ring (bicyclic) bond motifs is 1. The molecule has 31 heavy (non-hydrogen) atoms. The highest BCUT2D eigenvalue weighted by atomic mass is 35.5. The van der Waals surface area contributed by atoms with Gasteiger partial charge in [-0.2, -0.15) is 18.3 Å². The van der Waals surface area contributed by atoms with Gasteiger partial charge in [0.15, 0.2) is 6.04 Å². The number of benzene rings is 1. The SMILES string of the molecule is CC(C)(C)OC(=O)N1Cc2c(C(N)=O)c(-c3ccc(F)c(Cl)c3)nn2C(C(F)(F)F)C1. The monoisotopic (exact) mass is 462 g/mol. The fourth-order valence-electron chi connectivity index (χ4n) is 3.22. The molecular formula is C19H19ClF4N4O3. The molecule has 3 rings (SSSR count). The molecule has 12 heteroatoms. The summed E-state index contributed by atoms with van der Waals surface area (Å²) in [5.74, 6) is -1.80. The molecule has 0 aliphatic carbocycles. The Labute approximate surface area is 179 Å². The van der Waals surface area contributed by atoms with Crippen LogP contribution < -0.4 is 5.73 Å². The number of nitrogens with two attached hydrogens (primary N) is 1. The smallest absolute Gasteiger partial charge is 0.412 e. The van der Waals surface area contributed by atoms with Crippen LogP contribution in [0, 0.1) is 5.82 Å². The summed E-state index contributed by atoms with van der Waals surface area (Å²) in [6.45, 7) is 3.57. The van der Waals surface area contributed by atoms with E-state index in [-0.39, 0.29) is 34.1 Å². The highest BCUT2D eigenvalue weighted by molar-refractivity contribution is 6.31. The third-order valence-electron chi connectivity index (χ3n) is 4.51. The van der Waals surface area contributed by atoms with Crippen LogP contribution in [0.25, 0.3) is 11.3 Å². The topological polar surface area (TPSA) is 90.4 Å². The quantitative estimate of drug-likeness (QED) is 0.674. The first-order valence-electron chi connectivity index (χ1n) is 9.10. The lowest BCUT2D eigenvalue weighted by atomic mass is 10.0. The molecule has 1 aromatic heterocycles. The molecule has 2 heterocycles. The average molecular weight is 463 g/mol. The molecule has 2 aromatic rings. The molecule has 1 aliphatic rings. The molecule has 168 valence electrons. The molecule has 0 saturated carbocycles. The van der Waals surface area contributed by atoms with Crippen molar-refractivity contribution in [2.75, 3.05) is 6.54 Å². The summed E-state index contributed by atoms with van der Waals surface area (Å²) < 4.78 is 60.8. The molecule has 1 unspecified atom stereocenters. The normalized spacial score (nSPS) is 16.8. The third kappa shape index (κ3) is 4.60. The Kier molecular flexibility index (Phi) is 5.68. The minimum atomic E-state index is -4.80. The van der Waals surface area contributed by atoms with Crippen LogP contribution in [0.15, 0.2) is 18.2 Å². The summed E-state index contributed by atoms with van der Waals surface area (Å²) in [4.78, 5) is 25.5. The molecule has 0 bridgehead atoms. The molecule has 0 fully saturated rings. The van der Waals surface area contributed by atoms with E-state index in [1.807, 2.05) is 0 Å². The van der Waals surface area contributed by atoms with Crippen LogP contribution in [0.1, 0.15) is 42.9 Å². The van der Waals surface area contributed by atoms with Gasteiger partial charge in [-0.15, -0.1) is 0 Å². The fraction of sp³-hybridized carbons (Fsp3) is 0.421. The van der Waals surface area contributed by atoms with E-state index in [1.54, 1.807) is 20.8 Å². The van der Waals surface area contributed by atoms with Crippen molar-refractivity contribution in [2.24, 2.45) is 5.73 Å². The number of rotatable bonds is 2. The highest BCUT2D eigenvalue weighted by Crippen LogP contribution is 2.39. The number of hydrogen-bond acceptors (Lipinski definition) is 4. The lowest BCUT2D eigenvalue weighted by Gasteiger charge is -2.35. The third-order valence-corrected chi connectivity index (χ3v) is 4.80. The Morgan fingerprint density at radius 1 is 1.26 bits per heavy atom. The van der Waals surface area contributed by atoms with Gasteiger partial charge in [0.05, 0.1) is 29.4 Å². The zero-order valence-corrected chi connectivity index (χ0v) is 17.5. The summed E-state index contributed by atoms with van der Waals surface area (Å²) in [5, 5.41) is 3.66. The van der Waals surface area contributed by atoms with E-state index in [2.05, 4.69) is 5.10 Å². The van der Waals surface area contributed by atoms with Crippen LogP contribution in [0.4, 0.5) is 22.4 Å². The number of carbonyl (C=O) groups is 2. The van der Waals surface area contributed by atoms with Crippen molar-refractivity contribution in [1.29, 1.82) is 0 Å². The van der Waals surface area contributed by atoms with Crippen LogP contribution in [0.2, 0.25) is 5.02 Å². The summed E-state index contributed by atoms with van der Waals surface area (Å²) in [6, 6.07) is 1.10. The van der Waals surface area contributed by atoms with Gasteiger partial charge in [0.2, 0.25) is 0 Å². The van der Waals surface area contributed by atoms with Gasteiger partial charge in [0.25, 0.3) is 5.91 Å². The van der Waals surface area contributed by atoms with Gasteiger partial charge in [0, 0.05) is 5.56 Å². The van der Waals surface area contributed by atoms with E-state index in [1.165, 1.54) is 6.07 Å². The first-order valence-corrected chi connectivity index (χ1v) is 9.48. The van der Waals surface area contributed by atoms with Crippen LogP contribution in [0.5, 0.6) is 0 Å². The van der Waals surface area contributed by atoms with Crippen molar-refractivity contribution in [3.8, 4) is 11.3 Å². The summed E-state index contributed by atoms with van der Waals surface area (Å²) in [7, 11) is 0. The number of ether oxygens (including phenoxy) is 1. The number of carbonyl (C=O) groups excluding carboxylic acids is 2.